The summed E-state index contributed by atoms with van der Waals surface area (Å²) in [7, 11) is 0. The lowest BCUT2D eigenvalue weighted by Crippen LogP contribution is -2.43. The van der Waals surface area contributed by atoms with Crippen molar-refractivity contribution in [2.24, 2.45) is 0 Å². The van der Waals surface area contributed by atoms with Crippen LogP contribution in [0.5, 0.6) is 11.5 Å². The van der Waals surface area contributed by atoms with Crippen LogP contribution >= 0.6 is 0 Å². The zero-order valence-electron chi connectivity index (χ0n) is 21.0. The number of nitrogens with zero attached hydrogens (tertiary/aromatic N) is 3. The van der Waals surface area contributed by atoms with Crippen molar-refractivity contribution in [3.8, 4) is 28.7 Å². The highest BCUT2D eigenvalue weighted by Gasteiger charge is 2.30. The van der Waals surface area contributed by atoms with Crippen LogP contribution in [0.15, 0.2) is 60.8 Å². The maximum absolute atomic E-state index is 12.7. The van der Waals surface area contributed by atoms with Crippen LogP contribution in [-0.4, -0.2) is 34.3 Å². The van der Waals surface area contributed by atoms with Gasteiger partial charge in [-0.15, -0.1) is 0 Å². The van der Waals surface area contributed by atoms with Crippen LogP contribution in [0, 0.1) is 11.3 Å². The van der Waals surface area contributed by atoms with E-state index in [1.54, 1.807) is 4.90 Å². The number of amides is 1. The Balaban J connectivity index is 1.59. The Labute approximate surface area is 207 Å². The molecule has 6 nitrogen and oxygen atoms in total. The largest absolute Gasteiger partial charge is 0.457 e. The van der Waals surface area contributed by atoms with Gasteiger partial charge in [0.25, 0.3) is 0 Å². The van der Waals surface area contributed by atoms with Gasteiger partial charge in [-0.3, -0.25) is 0 Å². The minimum absolute atomic E-state index is 0.104. The molecule has 0 unspecified atom stereocenters. The second-order valence-corrected chi connectivity index (χ2v) is 9.90. The predicted octanol–water partition coefficient (Wildman–Crippen LogP) is 6.95. The minimum atomic E-state index is -0.524. The molecule has 182 valence electrons. The maximum atomic E-state index is 12.7. The van der Waals surface area contributed by atoms with Crippen molar-refractivity contribution in [2.75, 3.05) is 13.1 Å². The zero-order chi connectivity index (χ0) is 25.0. The second kappa shape index (κ2) is 10.3. The van der Waals surface area contributed by atoms with E-state index in [0.29, 0.717) is 18.7 Å². The van der Waals surface area contributed by atoms with Crippen molar-refractivity contribution < 1.29 is 14.3 Å². The third-order valence-electron chi connectivity index (χ3n) is 6.17. The molecule has 6 heteroatoms. The normalized spacial score (nSPS) is 16.0. The van der Waals surface area contributed by atoms with Gasteiger partial charge in [0, 0.05) is 30.5 Å². The standard InChI is InChI=1S/C29H33N3O3/c1-5-27-25(18-30)26(21-13-15-24(16-14-21)34-23-11-7-6-8-12-23)20-32(27)22-10-9-17-31(19-22)28(33)35-29(2,3)4/h6-8,11-16,20,22H,5,9-10,17,19H2,1-4H3/t22-/m1/s1. The maximum Gasteiger partial charge on any atom is 0.410 e. The molecule has 0 saturated carbocycles. The molecule has 3 aromatic rings. The van der Waals surface area contributed by atoms with Gasteiger partial charge in [0.05, 0.1) is 11.6 Å². The summed E-state index contributed by atoms with van der Waals surface area (Å²) in [4.78, 5) is 14.5. The van der Waals surface area contributed by atoms with Gasteiger partial charge in [0.1, 0.15) is 23.2 Å². The van der Waals surface area contributed by atoms with Crippen molar-refractivity contribution in [2.45, 2.75) is 58.6 Å². The van der Waals surface area contributed by atoms with E-state index in [2.05, 4.69) is 23.8 Å². The number of likely N-dealkylation sites (tertiary alicyclic amines) is 1. The number of nitriles is 1. The number of hydrogen-bond donors (Lipinski definition) is 0. The summed E-state index contributed by atoms with van der Waals surface area (Å²) in [5, 5.41) is 10.0. The molecular weight excluding hydrogens is 438 g/mol. The number of ether oxygens (including phenoxy) is 2. The third-order valence-corrected chi connectivity index (χ3v) is 6.17. The molecule has 2 aromatic carbocycles. The Morgan fingerprint density at radius 1 is 1.09 bits per heavy atom. The third kappa shape index (κ3) is 5.68. The molecule has 1 aliphatic rings. The van der Waals surface area contributed by atoms with E-state index in [1.165, 1.54) is 0 Å². The summed E-state index contributed by atoms with van der Waals surface area (Å²) in [6.07, 6.45) is 4.39. The summed E-state index contributed by atoms with van der Waals surface area (Å²) in [5.41, 5.74) is 3.05. The van der Waals surface area contributed by atoms with E-state index in [9.17, 15) is 10.1 Å². The molecule has 0 spiro atoms. The Hall–Kier alpha value is -3.72. The van der Waals surface area contributed by atoms with Crippen LogP contribution in [0.2, 0.25) is 0 Å². The fraction of sp³-hybridized carbons (Fsp3) is 0.379. The smallest absolute Gasteiger partial charge is 0.410 e. The molecule has 1 aromatic heterocycles. The number of para-hydroxylation sites is 1. The summed E-state index contributed by atoms with van der Waals surface area (Å²) < 4.78 is 13.7. The average Bonchev–Trinajstić information content (AvgIpc) is 3.23. The summed E-state index contributed by atoms with van der Waals surface area (Å²) >= 11 is 0. The molecule has 0 bridgehead atoms. The van der Waals surface area contributed by atoms with E-state index < -0.39 is 5.60 Å². The topological polar surface area (TPSA) is 67.5 Å². The number of hydrogen-bond acceptors (Lipinski definition) is 4. The van der Waals surface area contributed by atoms with E-state index in [0.717, 1.165) is 47.6 Å². The van der Waals surface area contributed by atoms with Gasteiger partial charge in [0.2, 0.25) is 0 Å². The molecule has 0 N–H and O–H groups in total. The molecule has 0 aliphatic carbocycles. The molecule has 1 saturated heterocycles. The first-order valence-electron chi connectivity index (χ1n) is 12.2. The second-order valence-electron chi connectivity index (χ2n) is 9.90. The van der Waals surface area contributed by atoms with Crippen molar-refractivity contribution in [1.29, 1.82) is 5.26 Å². The van der Waals surface area contributed by atoms with E-state index in [-0.39, 0.29) is 12.1 Å². The number of carbonyl (C=O) groups is 1. The molecule has 0 radical (unpaired) electrons. The molecule has 4 rings (SSSR count). The van der Waals surface area contributed by atoms with Gasteiger partial charge in [0.15, 0.2) is 0 Å². The molecule has 1 amide bonds. The molecular formula is C29H33N3O3. The zero-order valence-corrected chi connectivity index (χ0v) is 21.0. The summed E-state index contributed by atoms with van der Waals surface area (Å²) in [5.74, 6) is 1.53. The Kier molecular flexibility index (Phi) is 7.16. The fourth-order valence-electron chi connectivity index (χ4n) is 4.60. The van der Waals surface area contributed by atoms with Gasteiger partial charge in [-0.05, 0) is 69.9 Å². The summed E-state index contributed by atoms with van der Waals surface area (Å²) in [6, 6.07) is 20.0. The summed E-state index contributed by atoms with van der Waals surface area (Å²) in [6.45, 7) is 8.99. The lowest BCUT2D eigenvalue weighted by Gasteiger charge is -2.35. The first kappa shape index (κ1) is 24.4. The van der Waals surface area contributed by atoms with Gasteiger partial charge < -0.3 is 18.9 Å². The van der Waals surface area contributed by atoms with Gasteiger partial charge in [-0.1, -0.05) is 37.3 Å². The molecule has 1 fully saturated rings. The van der Waals surface area contributed by atoms with Crippen LogP contribution in [0.1, 0.15) is 57.8 Å². The highest BCUT2D eigenvalue weighted by Crippen LogP contribution is 2.34. The van der Waals surface area contributed by atoms with Crippen LogP contribution in [-0.2, 0) is 11.2 Å². The number of piperidine rings is 1. The lowest BCUT2D eigenvalue weighted by molar-refractivity contribution is 0.0172. The number of benzene rings is 2. The van der Waals surface area contributed by atoms with E-state index in [4.69, 9.17) is 9.47 Å². The van der Waals surface area contributed by atoms with Gasteiger partial charge >= 0.3 is 6.09 Å². The van der Waals surface area contributed by atoms with Crippen molar-refractivity contribution in [3.63, 3.8) is 0 Å². The first-order valence-corrected chi connectivity index (χ1v) is 12.2. The van der Waals surface area contributed by atoms with Crippen molar-refractivity contribution in [3.05, 3.63) is 72.1 Å². The molecule has 1 aliphatic heterocycles. The number of aromatic nitrogens is 1. The highest BCUT2D eigenvalue weighted by molar-refractivity contribution is 5.73. The Bertz CT molecular complexity index is 1200. The average molecular weight is 472 g/mol. The lowest BCUT2D eigenvalue weighted by atomic mass is 10.0. The predicted molar refractivity (Wildman–Crippen MR) is 137 cm³/mol. The SMILES string of the molecule is CCc1c(C#N)c(-c2ccc(Oc3ccccc3)cc2)cn1[C@@H]1CCCN(C(=O)OC(C)(C)C)C1. The quantitative estimate of drug-likeness (QED) is 0.404. The van der Waals surface area contributed by atoms with Crippen LogP contribution in [0.3, 0.4) is 0 Å². The monoisotopic (exact) mass is 471 g/mol. The number of carbonyl (C=O) groups excluding carboxylic acids is 1. The van der Waals surface area contributed by atoms with E-state index >= 15 is 0 Å². The van der Waals surface area contributed by atoms with Gasteiger partial charge in [-0.25, -0.2) is 4.79 Å². The fourth-order valence-corrected chi connectivity index (χ4v) is 4.60. The Morgan fingerprint density at radius 3 is 2.40 bits per heavy atom. The first-order chi connectivity index (χ1) is 16.8. The van der Waals surface area contributed by atoms with Crippen molar-refractivity contribution in [1.82, 2.24) is 9.47 Å². The molecule has 35 heavy (non-hydrogen) atoms. The minimum Gasteiger partial charge on any atom is -0.457 e. The van der Waals surface area contributed by atoms with Crippen molar-refractivity contribution >= 4 is 6.09 Å². The van der Waals surface area contributed by atoms with Crippen LogP contribution in [0.4, 0.5) is 4.79 Å². The van der Waals surface area contributed by atoms with E-state index in [1.807, 2.05) is 75.4 Å². The Morgan fingerprint density at radius 2 is 1.77 bits per heavy atom. The highest BCUT2D eigenvalue weighted by atomic mass is 16.6. The van der Waals surface area contributed by atoms with Gasteiger partial charge in [-0.2, -0.15) is 5.26 Å². The van der Waals surface area contributed by atoms with Crippen LogP contribution < -0.4 is 4.74 Å². The van der Waals surface area contributed by atoms with Crippen LogP contribution in [0.25, 0.3) is 11.1 Å². The number of rotatable bonds is 5. The molecule has 2 heterocycles. The molecule has 1 atom stereocenters.